The first-order chi connectivity index (χ1) is 29.1. The van der Waals surface area contributed by atoms with E-state index in [1.807, 2.05) is 0 Å². The summed E-state index contributed by atoms with van der Waals surface area (Å²) in [6.07, 6.45) is 34.9. The second-order valence-corrected chi connectivity index (χ2v) is 17.8. The van der Waals surface area contributed by atoms with Crippen molar-refractivity contribution in [2.45, 2.75) is 243 Å². The van der Waals surface area contributed by atoms with Gasteiger partial charge in [0.05, 0.1) is 19.8 Å². The highest BCUT2D eigenvalue weighted by Crippen LogP contribution is 2.26. The molecule has 0 aromatic heterocycles. The Balaban J connectivity index is 2.39. The van der Waals surface area contributed by atoms with Crippen molar-refractivity contribution in [1.82, 2.24) is 0 Å². The van der Waals surface area contributed by atoms with Gasteiger partial charge >= 0.3 is 16.4 Å². The third-order valence-electron chi connectivity index (χ3n) is 11.1. The molecule has 6 unspecified atom stereocenters. The van der Waals surface area contributed by atoms with Crippen LogP contribution in [0.1, 0.15) is 206 Å². The number of unbranched alkanes of at least 4 members (excludes halogenated alkanes) is 25. The second kappa shape index (κ2) is 39.2. The van der Waals surface area contributed by atoms with Gasteiger partial charge in [-0.1, -0.05) is 179 Å². The molecule has 0 amide bonds. The zero-order chi connectivity index (χ0) is 43.9. The number of aliphatic hydroxyl groups is 3. The maximum Gasteiger partial charge on any atom is 0.397 e. The highest BCUT2D eigenvalue weighted by Gasteiger charge is 2.48. The lowest BCUT2D eigenvalue weighted by Crippen LogP contribution is -2.60. The van der Waals surface area contributed by atoms with E-state index in [9.17, 15) is 28.5 Å². The van der Waals surface area contributed by atoms with Gasteiger partial charge in [0.15, 0.2) is 6.29 Å². The number of carbonyl (C=O) groups excluding carboxylic acids is 1. The van der Waals surface area contributed by atoms with Crippen LogP contribution in [-0.2, 0) is 38.3 Å². The summed E-state index contributed by atoms with van der Waals surface area (Å²) in [6, 6.07) is 0. The van der Waals surface area contributed by atoms with E-state index in [0.29, 0.717) is 13.0 Å². The molecule has 1 fully saturated rings. The van der Waals surface area contributed by atoms with Crippen LogP contribution in [0.25, 0.3) is 0 Å². The van der Waals surface area contributed by atoms with Crippen LogP contribution >= 0.6 is 0 Å². The molecule has 12 nitrogen and oxygen atoms in total. The molecule has 1 rings (SSSR count). The Kier molecular flexibility index (Phi) is 37.0. The second-order valence-electron chi connectivity index (χ2n) is 16.7. The quantitative estimate of drug-likeness (QED) is 0.0198. The van der Waals surface area contributed by atoms with E-state index in [1.165, 1.54) is 116 Å². The number of rotatable bonds is 42. The number of esters is 1. The van der Waals surface area contributed by atoms with Gasteiger partial charge in [0.2, 0.25) is 0 Å². The van der Waals surface area contributed by atoms with E-state index in [1.54, 1.807) is 0 Å². The van der Waals surface area contributed by atoms with Gasteiger partial charge < -0.3 is 34.3 Å². The molecule has 354 valence electrons. The zero-order valence-electron chi connectivity index (χ0n) is 37.8. The molecule has 1 saturated heterocycles. The SMILES string of the molecule is CCCCC/C=C\C/C=C\CCCCCCCC(=O)OC(COCCCCCCCCCCCCCCCCCCCC)COC1OC(CO)C(O)C(OS(=O)(=O)O)C1O. The van der Waals surface area contributed by atoms with Gasteiger partial charge in [-0.2, -0.15) is 8.42 Å². The Bertz CT molecular complexity index is 1150. The molecule has 60 heavy (non-hydrogen) atoms. The van der Waals surface area contributed by atoms with Crippen LogP contribution in [0.4, 0.5) is 0 Å². The van der Waals surface area contributed by atoms with Gasteiger partial charge in [-0.15, -0.1) is 0 Å². The molecule has 13 heteroatoms. The fourth-order valence-corrected chi connectivity index (χ4v) is 7.92. The van der Waals surface area contributed by atoms with E-state index in [2.05, 4.69) is 42.3 Å². The van der Waals surface area contributed by atoms with Crippen LogP contribution in [0.15, 0.2) is 24.3 Å². The fraction of sp³-hybridized carbons (Fsp3) is 0.894. The molecule has 0 saturated carbocycles. The van der Waals surface area contributed by atoms with Crippen LogP contribution in [0, 0.1) is 0 Å². The van der Waals surface area contributed by atoms with Crippen molar-refractivity contribution in [2.75, 3.05) is 26.4 Å². The molecule has 4 N–H and O–H groups in total. The molecule has 6 atom stereocenters. The van der Waals surface area contributed by atoms with Crippen molar-refractivity contribution < 1.29 is 56.2 Å². The molecule has 1 aliphatic heterocycles. The number of ether oxygens (including phenoxy) is 4. The summed E-state index contributed by atoms with van der Waals surface area (Å²) in [7, 11) is -5.06. The highest BCUT2D eigenvalue weighted by molar-refractivity contribution is 7.80. The standard InChI is InChI=1S/C47H88O12S/c1-3-5-7-9-11-13-15-17-19-20-21-23-25-27-29-31-33-35-37-55-39-41(40-56-47-45(51)46(59-60(52,53)54)44(50)42(38-48)58-47)57-43(49)36-34-32-30-28-26-24-22-18-16-14-12-10-8-6-4-2/h12,14,18,22,41-42,44-48,50-51H,3-11,13,15-17,19-21,23-40H2,1-2H3,(H,52,53,54)/b14-12-,22-18-. The summed E-state index contributed by atoms with van der Waals surface area (Å²) < 4.78 is 59.1. The maximum atomic E-state index is 12.9. The molecule has 0 spiro atoms. The van der Waals surface area contributed by atoms with E-state index in [0.717, 1.165) is 64.2 Å². The van der Waals surface area contributed by atoms with Crippen molar-refractivity contribution >= 4 is 16.4 Å². The number of carbonyl (C=O) groups is 1. The Morgan fingerprint density at radius 2 is 1.10 bits per heavy atom. The van der Waals surface area contributed by atoms with Crippen LogP contribution in [0.3, 0.4) is 0 Å². The summed E-state index contributed by atoms with van der Waals surface area (Å²) in [6.45, 7) is 3.97. The molecule has 0 bridgehead atoms. The Morgan fingerprint density at radius 1 is 0.633 bits per heavy atom. The lowest BCUT2D eigenvalue weighted by molar-refractivity contribution is -0.301. The van der Waals surface area contributed by atoms with Gasteiger partial charge in [-0.3, -0.25) is 9.35 Å². The third-order valence-corrected chi connectivity index (χ3v) is 11.5. The normalized spacial score (nSPS) is 20.4. The largest absolute Gasteiger partial charge is 0.457 e. The van der Waals surface area contributed by atoms with E-state index in [-0.39, 0.29) is 19.6 Å². The summed E-state index contributed by atoms with van der Waals surface area (Å²) in [5, 5.41) is 30.7. The van der Waals surface area contributed by atoms with Gasteiger partial charge in [-0.05, 0) is 44.9 Å². The lowest BCUT2D eigenvalue weighted by Gasteiger charge is -2.41. The average molecular weight is 877 g/mol. The average Bonchev–Trinajstić information content (AvgIpc) is 3.22. The van der Waals surface area contributed by atoms with Crippen LogP contribution < -0.4 is 0 Å². The van der Waals surface area contributed by atoms with Gasteiger partial charge in [0.1, 0.15) is 30.5 Å². The molecule has 0 aromatic rings. The summed E-state index contributed by atoms with van der Waals surface area (Å²) in [5.74, 6) is -0.410. The Hall–Kier alpha value is -1.42. The summed E-state index contributed by atoms with van der Waals surface area (Å²) in [4.78, 5) is 12.9. The van der Waals surface area contributed by atoms with E-state index >= 15 is 0 Å². The Labute approximate surface area is 365 Å². The van der Waals surface area contributed by atoms with Crippen molar-refractivity contribution in [3.8, 4) is 0 Å². The molecule has 1 aliphatic rings. The molecule has 0 aliphatic carbocycles. The molecular weight excluding hydrogens is 789 g/mol. The van der Waals surface area contributed by atoms with Crippen molar-refractivity contribution in [3.63, 3.8) is 0 Å². The predicted octanol–water partition coefficient (Wildman–Crippen LogP) is 10.4. The lowest BCUT2D eigenvalue weighted by atomic mass is 9.99. The van der Waals surface area contributed by atoms with E-state index < -0.39 is 59.8 Å². The van der Waals surface area contributed by atoms with Gasteiger partial charge in [0, 0.05) is 13.0 Å². The minimum atomic E-state index is -5.06. The number of hydrogen-bond donors (Lipinski definition) is 4. The zero-order valence-corrected chi connectivity index (χ0v) is 38.6. The highest BCUT2D eigenvalue weighted by atomic mass is 32.3. The molecule has 1 heterocycles. The summed E-state index contributed by atoms with van der Waals surface area (Å²) in [5.41, 5.74) is 0. The van der Waals surface area contributed by atoms with Crippen molar-refractivity contribution in [1.29, 1.82) is 0 Å². The Morgan fingerprint density at radius 3 is 1.62 bits per heavy atom. The van der Waals surface area contributed by atoms with E-state index in [4.69, 9.17) is 23.5 Å². The number of aliphatic hydroxyl groups excluding tert-OH is 3. The third kappa shape index (κ3) is 32.3. The topological polar surface area (TPSA) is 178 Å². The molecule has 0 aromatic carbocycles. The fourth-order valence-electron chi connectivity index (χ4n) is 7.41. The number of hydrogen-bond acceptors (Lipinski definition) is 11. The van der Waals surface area contributed by atoms with Gasteiger partial charge in [-0.25, -0.2) is 4.18 Å². The first kappa shape index (κ1) is 56.6. The van der Waals surface area contributed by atoms with Gasteiger partial charge in [0.25, 0.3) is 0 Å². The molecule has 0 radical (unpaired) electrons. The minimum Gasteiger partial charge on any atom is -0.457 e. The minimum absolute atomic E-state index is 0.0344. The predicted molar refractivity (Wildman–Crippen MR) is 239 cm³/mol. The van der Waals surface area contributed by atoms with Crippen molar-refractivity contribution in [2.24, 2.45) is 0 Å². The first-order valence-corrected chi connectivity index (χ1v) is 25.5. The summed E-state index contributed by atoms with van der Waals surface area (Å²) >= 11 is 0. The maximum absolute atomic E-state index is 12.9. The van der Waals surface area contributed by atoms with Crippen LogP contribution in [-0.4, -0.2) is 97.5 Å². The van der Waals surface area contributed by atoms with Crippen molar-refractivity contribution in [3.05, 3.63) is 24.3 Å². The smallest absolute Gasteiger partial charge is 0.397 e. The number of allylic oxidation sites excluding steroid dienone is 4. The monoisotopic (exact) mass is 877 g/mol. The first-order valence-electron chi connectivity index (χ1n) is 24.1. The molecular formula is C47H88O12S. The van der Waals surface area contributed by atoms with Crippen LogP contribution in [0.5, 0.6) is 0 Å². The van der Waals surface area contributed by atoms with Crippen LogP contribution in [0.2, 0.25) is 0 Å².